The molecule has 1 unspecified atom stereocenters. The molecule has 4 rings (SSSR count). The van der Waals surface area contributed by atoms with Crippen LogP contribution in [0, 0.1) is 0 Å². The molecule has 0 bridgehead atoms. The van der Waals surface area contributed by atoms with Gasteiger partial charge in [-0.2, -0.15) is 0 Å². The summed E-state index contributed by atoms with van der Waals surface area (Å²) in [6, 6.07) is 25.4. The number of ether oxygens (including phenoxy) is 2. The number of benzene rings is 3. The van der Waals surface area contributed by atoms with Crippen molar-refractivity contribution in [3.8, 4) is 11.5 Å². The Balaban J connectivity index is 1.85. The predicted molar refractivity (Wildman–Crippen MR) is 111 cm³/mol. The van der Waals surface area contributed by atoms with Crippen LogP contribution in [0.3, 0.4) is 0 Å². The van der Waals surface area contributed by atoms with E-state index >= 15 is 0 Å². The standard InChI is InChI=1S/C23H21BO4/c1-26-19-12-8-17(9-13-19)22-21(16-6-4-3-5-7-16)23(28-24(22)25)18-10-14-20(27-2)15-11-18/h3-15,23,25H,1-2H3. The van der Waals surface area contributed by atoms with Gasteiger partial charge in [-0.15, -0.1) is 0 Å². The van der Waals surface area contributed by atoms with E-state index in [0.29, 0.717) is 0 Å². The van der Waals surface area contributed by atoms with E-state index in [1.165, 1.54) is 0 Å². The Morgan fingerprint density at radius 3 is 1.89 bits per heavy atom. The number of hydrogen-bond donors (Lipinski definition) is 1. The van der Waals surface area contributed by atoms with Crippen LogP contribution >= 0.6 is 0 Å². The highest BCUT2D eigenvalue weighted by Crippen LogP contribution is 2.46. The van der Waals surface area contributed by atoms with Gasteiger partial charge in [0.05, 0.1) is 20.3 Å². The third-order valence-electron chi connectivity index (χ3n) is 4.97. The zero-order valence-electron chi connectivity index (χ0n) is 15.8. The van der Waals surface area contributed by atoms with Crippen molar-refractivity contribution < 1.29 is 19.2 Å². The fourth-order valence-corrected chi connectivity index (χ4v) is 3.56. The summed E-state index contributed by atoms with van der Waals surface area (Å²) in [4.78, 5) is 0. The molecule has 1 atom stereocenters. The Labute approximate surface area is 165 Å². The first-order valence-corrected chi connectivity index (χ1v) is 9.12. The Hall–Kier alpha value is -3.02. The molecule has 1 aliphatic rings. The van der Waals surface area contributed by atoms with E-state index in [1.54, 1.807) is 14.2 Å². The van der Waals surface area contributed by atoms with Gasteiger partial charge in [-0.25, -0.2) is 0 Å². The van der Waals surface area contributed by atoms with E-state index in [1.807, 2.05) is 78.9 Å². The van der Waals surface area contributed by atoms with Crippen molar-refractivity contribution in [2.45, 2.75) is 6.10 Å². The topological polar surface area (TPSA) is 47.9 Å². The number of hydrogen-bond acceptors (Lipinski definition) is 4. The van der Waals surface area contributed by atoms with Gasteiger partial charge in [0.15, 0.2) is 0 Å². The summed E-state index contributed by atoms with van der Waals surface area (Å²) < 4.78 is 16.5. The minimum Gasteiger partial charge on any atom is -0.497 e. The third kappa shape index (κ3) is 3.42. The minimum atomic E-state index is -1.02. The van der Waals surface area contributed by atoms with Gasteiger partial charge in [0.25, 0.3) is 0 Å². The van der Waals surface area contributed by atoms with Crippen molar-refractivity contribution >= 4 is 18.2 Å². The molecule has 3 aromatic carbocycles. The fourth-order valence-electron chi connectivity index (χ4n) is 3.56. The van der Waals surface area contributed by atoms with Crippen molar-refractivity contribution in [1.29, 1.82) is 0 Å². The Morgan fingerprint density at radius 2 is 1.32 bits per heavy atom. The normalized spacial score (nSPS) is 16.4. The van der Waals surface area contributed by atoms with Crippen LogP contribution in [0.1, 0.15) is 22.8 Å². The molecule has 1 N–H and O–H groups in total. The Morgan fingerprint density at radius 1 is 0.750 bits per heavy atom. The van der Waals surface area contributed by atoms with E-state index < -0.39 is 7.12 Å². The van der Waals surface area contributed by atoms with Gasteiger partial charge in [-0.05, 0) is 52.0 Å². The summed E-state index contributed by atoms with van der Waals surface area (Å²) >= 11 is 0. The van der Waals surface area contributed by atoms with Gasteiger partial charge in [-0.1, -0.05) is 54.6 Å². The largest absolute Gasteiger partial charge is 0.497 e. The molecule has 1 aliphatic heterocycles. The molecule has 0 radical (unpaired) electrons. The van der Waals surface area contributed by atoms with Crippen molar-refractivity contribution in [3.05, 3.63) is 95.6 Å². The summed E-state index contributed by atoms with van der Waals surface area (Å²) in [7, 11) is 2.26. The average molecular weight is 372 g/mol. The summed E-state index contributed by atoms with van der Waals surface area (Å²) in [5.41, 5.74) is 4.62. The van der Waals surface area contributed by atoms with Crippen LogP contribution in [0.2, 0.25) is 0 Å². The van der Waals surface area contributed by atoms with E-state index in [2.05, 4.69) is 0 Å². The lowest BCUT2D eigenvalue weighted by Gasteiger charge is -2.17. The van der Waals surface area contributed by atoms with E-state index in [4.69, 9.17) is 14.1 Å². The van der Waals surface area contributed by atoms with Gasteiger partial charge >= 0.3 is 7.12 Å². The van der Waals surface area contributed by atoms with Crippen LogP contribution in [-0.2, 0) is 4.65 Å². The second kappa shape index (κ2) is 7.93. The zero-order chi connectivity index (χ0) is 19.5. The summed E-state index contributed by atoms with van der Waals surface area (Å²) in [5.74, 6) is 1.55. The maximum absolute atomic E-state index is 10.8. The molecule has 0 aliphatic carbocycles. The van der Waals surface area contributed by atoms with E-state index in [9.17, 15) is 5.02 Å². The Kier molecular flexibility index (Phi) is 5.19. The lowest BCUT2D eigenvalue weighted by Crippen LogP contribution is -2.15. The van der Waals surface area contributed by atoms with Crippen LogP contribution in [0.25, 0.3) is 11.0 Å². The smallest absolute Gasteiger partial charge is 0.492 e. The Bertz CT molecular complexity index is 966. The van der Waals surface area contributed by atoms with E-state index in [-0.39, 0.29) is 6.10 Å². The highest BCUT2D eigenvalue weighted by molar-refractivity contribution is 6.71. The molecular weight excluding hydrogens is 351 g/mol. The highest BCUT2D eigenvalue weighted by Gasteiger charge is 2.39. The molecular formula is C23H21BO4. The average Bonchev–Trinajstić information content (AvgIpc) is 3.11. The van der Waals surface area contributed by atoms with Gasteiger partial charge in [0, 0.05) is 0 Å². The SMILES string of the molecule is COc1ccc(C2=C(c3ccccc3)C(c3ccc(OC)cc3)OB2O)cc1. The molecule has 0 fully saturated rings. The molecule has 0 saturated carbocycles. The second-order valence-electron chi connectivity index (χ2n) is 6.56. The summed E-state index contributed by atoms with van der Waals surface area (Å²) in [5, 5.41) is 10.8. The second-order valence-corrected chi connectivity index (χ2v) is 6.56. The summed E-state index contributed by atoms with van der Waals surface area (Å²) in [6.45, 7) is 0. The van der Waals surface area contributed by atoms with Gasteiger partial charge in [0.2, 0.25) is 0 Å². The van der Waals surface area contributed by atoms with Gasteiger partial charge in [0.1, 0.15) is 11.5 Å². The van der Waals surface area contributed by atoms with Crippen LogP contribution < -0.4 is 9.47 Å². The number of rotatable bonds is 5. The van der Waals surface area contributed by atoms with Crippen LogP contribution in [0.5, 0.6) is 11.5 Å². The fraction of sp³-hybridized carbons (Fsp3) is 0.130. The molecule has 4 nitrogen and oxygen atoms in total. The predicted octanol–water partition coefficient (Wildman–Crippen LogP) is 4.41. The molecule has 28 heavy (non-hydrogen) atoms. The van der Waals surface area contributed by atoms with Gasteiger partial charge in [-0.3, -0.25) is 0 Å². The summed E-state index contributed by atoms with van der Waals surface area (Å²) in [6.07, 6.45) is -0.375. The molecule has 3 aromatic rings. The van der Waals surface area contributed by atoms with Gasteiger partial charge < -0.3 is 19.2 Å². The molecule has 0 amide bonds. The minimum absolute atomic E-state index is 0.375. The number of methoxy groups -OCH3 is 2. The monoisotopic (exact) mass is 372 g/mol. The maximum atomic E-state index is 10.8. The molecule has 0 aromatic heterocycles. The van der Waals surface area contributed by atoms with Crippen molar-refractivity contribution in [3.63, 3.8) is 0 Å². The van der Waals surface area contributed by atoms with Crippen molar-refractivity contribution in [2.75, 3.05) is 14.2 Å². The van der Waals surface area contributed by atoms with Crippen LogP contribution in [0.4, 0.5) is 0 Å². The van der Waals surface area contributed by atoms with E-state index in [0.717, 1.165) is 39.2 Å². The molecule has 5 heteroatoms. The quantitative estimate of drug-likeness (QED) is 0.675. The third-order valence-corrected chi connectivity index (χ3v) is 4.97. The first-order valence-electron chi connectivity index (χ1n) is 9.12. The molecule has 140 valence electrons. The first-order chi connectivity index (χ1) is 13.7. The lowest BCUT2D eigenvalue weighted by atomic mass is 9.72. The van der Waals surface area contributed by atoms with Crippen molar-refractivity contribution in [1.82, 2.24) is 0 Å². The first kappa shape index (κ1) is 18.4. The maximum Gasteiger partial charge on any atom is 0.492 e. The molecule has 0 spiro atoms. The molecule has 0 saturated heterocycles. The zero-order valence-corrected chi connectivity index (χ0v) is 15.8. The lowest BCUT2D eigenvalue weighted by molar-refractivity contribution is 0.236. The van der Waals surface area contributed by atoms with Crippen molar-refractivity contribution in [2.24, 2.45) is 0 Å². The van der Waals surface area contributed by atoms with Crippen LogP contribution in [0.15, 0.2) is 78.9 Å². The van der Waals surface area contributed by atoms with Crippen LogP contribution in [-0.4, -0.2) is 26.4 Å². The highest BCUT2D eigenvalue weighted by atomic mass is 16.5. The molecule has 1 heterocycles.